The second-order valence-corrected chi connectivity index (χ2v) is 6.80. The molecule has 122 valence electrons. The zero-order valence-electron chi connectivity index (χ0n) is 13.7. The molecule has 1 aliphatic heterocycles. The highest BCUT2D eigenvalue weighted by Crippen LogP contribution is 2.20. The average molecular weight is 299 g/mol. The van der Waals surface area contributed by atoms with E-state index in [-0.39, 0.29) is 23.3 Å². The number of nitrogens with zero attached hydrogens (tertiary/aromatic N) is 2. The molecule has 6 nitrogen and oxygen atoms in total. The number of piperazine rings is 1. The van der Waals surface area contributed by atoms with E-state index in [4.69, 9.17) is 0 Å². The highest BCUT2D eigenvalue weighted by molar-refractivity contribution is 5.78. The lowest BCUT2D eigenvalue weighted by atomic mass is 9.89. The normalized spacial score (nSPS) is 18.4. The maximum Gasteiger partial charge on any atom is 0.224 e. The predicted molar refractivity (Wildman–Crippen MR) is 81.8 cm³/mol. The molecule has 1 aliphatic rings. The highest BCUT2D eigenvalue weighted by atomic mass is 16.3. The summed E-state index contributed by atoms with van der Waals surface area (Å²) in [4.78, 5) is 26.8. The van der Waals surface area contributed by atoms with Crippen molar-refractivity contribution in [2.75, 3.05) is 39.3 Å². The molecule has 1 saturated heterocycles. The van der Waals surface area contributed by atoms with E-state index in [1.54, 1.807) is 0 Å². The minimum Gasteiger partial charge on any atom is -0.391 e. The van der Waals surface area contributed by atoms with Gasteiger partial charge in [-0.05, 0) is 5.41 Å². The van der Waals surface area contributed by atoms with Gasteiger partial charge in [-0.1, -0.05) is 20.8 Å². The first-order chi connectivity index (χ1) is 9.70. The summed E-state index contributed by atoms with van der Waals surface area (Å²) in [5, 5.41) is 12.8. The Bertz CT molecular complexity index is 358. The molecule has 0 spiro atoms. The maximum absolute atomic E-state index is 12.0. The van der Waals surface area contributed by atoms with E-state index in [1.165, 1.54) is 6.92 Å². The van der Waals surface area contributed by atoms with Gasteiger partial charge in [-0.2, -0.15) is 0 Å². The fourth-order valence-electron chi connectivity index (χ4n) is 2.20. The SMILES string of the molecule is CC(=O)NCCC(=O)N1CCN(CC(O)C(C)(C)C)CC1. The molecule has 21 heavy (non-hydrogen) atoms. The first-order valence-corrected chi connectivity index (χ1v) is 7.63. The zero-order chi connectivity index (χ0) is 16.0. The number of β-amino-alcohol motifs (C(OH)–C–C–N with tert-alkyl or cyclic N) is 1. The monoisotopic (exact) mass is 299 g/mol. The Morgan fingerprint density at radius 2 is 1.76 bits per heavy atom. The van der Waals surface area contributed by atoms with Gasteiger partial charge in [0.1, 0.15) is 0 Å². The summed E-state index contributed by atoms with van der Waals surface area (Å²) in [5.74, 6) is -0.0245. The van der Waals surface area contributed by atoms with Crippen molar-refractivity contribution < 1.29 is 14.7 Å². The molecule has 0 aromatic carbocycles. The molecule has 1 atom stereocenters. The number of hydrogen-bond donors (Lipinski definition) is 2. The fraction of sp³-hybridized carbons (Fsp3) is 0.867. The van der Waals surface area contributed by atoms with E-state index < -0.39 is 0 Å². The molecule has 1 heterocycles. The van der Waals surface area contributed by atoms with Crippen molar-refractivity contribution in [1.82, 2.24) is 15.1 Å². The van der Waals surface area contributed by atoms with E-state index in [9.17, 15) is 14.7 Å². The van der Waals surface area contributed by atoms with Crippen LogP contribution < -0.4 is 5.32 Å². The number of carbonyl (C=O) groups is 2. The third kappa shape index (κ3) is 6.44. The fourth-order valence-corrected chi connectivity index (χ4v) is 2.20. The van der Waals surface area contributed by atoms with Gasteiger partial charge in [-0.3, -0.25) is 14.5 Å². The van der Waals surface area contributed by atoms with Crippen LogP contribution in [0, 0.1) is 5.41 Å². The first-order valence-electron chi connectivity index (χ1n) is 7.63. The van der Waals surface area contributed by atoms with Gasteiger partial charge in [-0.15, -0.1) is 0 Å². The lowest BCUT2D eigenvalue weighted by Gasteiger charge is -2.38. The quantitative estimate of drug-likeness (QED) is 0.753. The Hall–Kier alpha value is -1.14. The second kappa shape index (κ2) is 7.75. The van der Waals surface area contributed by atoms with Crippen molar-refractivity contribution in [3.05, 3.63) is 0 Å². The summed E-state index contributed by atoms with van der Waals surface area (Å²) in [6, 6.07) is 0. The van der Waals surface area contributed by atoms with E-state index in [0.29, 0.717) is 32.6 Å². The highest BCUT2D eigenvalue weighted by Gasteiger charge is 2.27. The molecule has 2 amide bonds. The molecule has 0 saturated carbocycles. The van der Waals surface area contributed by atoms with Gasteiger partial charge < -0.3 is 15.3 Å². The largest absolute Gasteiger partial charge is 0.391 e. The number of aliphatic hydroxyl groups is 1. The Morgan fingerprint density at radius 1 is 1.19 bits per heavy atom. The predicted octanol–water partition coefficient (Wildman–Crippen LogP) is 0.0638. The molecule has 2 N–H and O–H groups in total. The molecule has 0 aliphatic carbocycles. The van der Waals surface area contributed by atoms with Crippen LogP contribution in [0.4, 0.5) is 0 Å². The van der Waals surface area contributed by atoms with Crippen LogP contribution in [-0.4, -0.2) is 72.1 Å². The summed E-state index contributed by atoms with van der Waals surface area (Å²) in [6.07, 6.45) is -0.0102. The lowest BCUT2D eigenvalue weighted by molar-refractivity contribution is -0.133. The Kier molecular flexibility index (Phi) is 6.61. The number of rotatable bonds is 5. The topological polar surface area (TPSA) is 72.9 Å². The summed E-state index contributed by atoms with van der Waals surface area (Å²) >= 11 is 0. The first kappa shape index (κ1) is 17.9. The molecule has 0 radical (unpaired) electrons. The summed E-state index contributed by atoms with van der Waals surface area (Å²) < 4.78 is 0. The molecular formula is C15H29N3O3. The van der Waals surface area contributed by atoms with Crippen LogP contribution in [0.1, 0.15) is 34.1 Å². The average Bonchev–Trinajstić information content (AvgIpc) is 2.37. The van der Waals surface area contributed by atoms with Crippen molar-refractivity contribution in [2.24, 2.45) is 5.41 Å². The Morgan fingerprint density at radius 3 is 2.24 bits per heavy atom. The van der Waals surface area contributed by atoms with Crippen molar-refractivity contribution in [2.45, 2.75) is 40.2 Å². The number of hydrogen-bond acceptors (Lipinski definition) is 4. The molecule has 0 aromatic rings. The second-order valence-electron chi connectivity index (χ2n) is 6.80. The molecule has 0 bridgehead atoms. The van der Waals surface area contributed by atoms with E-state index in [1.807, 2.05) is 25.7 Å². The molecule has 6 heteroatoms. The molecular weight excluding hydrogens is 270 g/mol. The molecule has 1 unspecified atom stereocenters. The van der Waals surface area contributed by atoms with Gasteiger partial charge in [0, 0.05) is 52.6 Å². The van der Waals surface area contributed by atoms with Crippen LogP contribution in [-0.2, 0) is 9.59 Å². The lowest BCUT2D eigenvalue weighted by Crippen LogP contribution is -2.52. The summed E-state index contributed by atoms with van der Waals surface area (Å²) in [7, 11) is 0. The van der Waals surface area contributed by atoms with Gasteiger partial charge in [0.2, 0.25) is 11.8 Å². The maximum atomic E-state index is 12.0. The van der Waals surface area contributed by atoms with Gasteiger partial charge in [0.05, 0.1) is 6.10 Å². The van der Waals surface area contributed by atoms with Crippen LogP contribution >= 0.6 is 0 Å². The molecule has 0 aromatic heterocycles. The van der Waals surface area contributed by atoms with Gasteiger partial charge in [0.15, 0.2) is 0 Å². The van der Waals surface area contributed by atoms with Crippen LogP contribution in [0.25, 0.3) is 0 Å². The van der Waals surface area contributed by atoms with Crippen LogP contribution in [0.5, 0.6) is 0 Å². The van der Waals surface area contributed by atoms with Gasteiger partial charge in [-0.25, -0.2) is 0 Å². The number of carbonyl (C=O) groups excluding carboxylic acids is 2. The van der Waals surface area contributed by atoms with Crippen LogP contribution in [0.3, 0.4) is 0 Å². The smallest absolute Gasteiger partial charge is 0.224 e. The van der Waals surface area contributed by atoms with Crippen LogP contribution in [0.15, 0.2) is 0 Å². The molecule has 1 rings (SSSR count). The third-order valence-electron chi connectivity index (χ3n) is 3.87. The van der Waals surface area contributed by atoms with Crippen molar-refractivity contribution in [3.63, 3.8) is 0 Å². The van der Waals surface area contributed by atoms with Crippen molar-refractivity contribution in [3.8, 4) is 0 Å². The standard InChI is InChI=1S/C15H29N3O3/c1-12(19)16-6-5-14(21)18-9-7-17(8-10-18)11-13(20)15(2,3)4/h13,20H,5-11H2,1-4H3,(H,16,19). The van der Waals surface area contributed by atoms with E-state index >= 15 is 0 Å². The summed E-state index contributed by atoms with van der Waals surface area (Å²) in [5.41, 5.74) is -0.120. The number of nitrogens with one attached hydrogen (secondary N) is 1. The zero-order valence-corrected chi connectivity index (χ0v) is 13.7. The third-order valence-corrected chi connectivity index (χ3v) is 3.87. The minimum atomic E-state index is -0.362. The minimum absolute atomic E-state index is 0.0831. The number of amides is 2. The van der Waals surface area contributed by atoms with Gasteiger partial charge >= 0.3 is 0 Å². The summed E-state index contributed by atoms with van der Waals surface area (Å²) in [6.45, 7) is 11.5. The van der Waals surface area contributed by atoms with Crippen LogP contribution in [0.2, 0.25) is 0 Å². The van der Waals surface area contributed by atoms with Gasteiger partial charge in [0.25, 0.3) is 0 Å². The number of aliphatic hydroxyl groups excluding tert-OH is 1. The van der Waals surface area contributed by atoms with E-state index in [0.717, 1.165) is 13.1 Å². The van der Waals surface area contributed by atoms with Crippen molar-refractivity contribution >= 4 is 11.8 Å². The molecule has 1 fully saturated rings. The Balaban J connectivity index is 2.28. The van der Waals surface area contributed by atoms with E-state index in [2.05, 4.69) is 10.2 Å². The Labute approximate surface area is 127 Å². The van der Waals surface area contributed by atoms with Crippen molar-refractivity contribution in [1.29, 1.82) is 0 Å².